The Morgan fingerprint density at radius 1 is 1.04 bits per heavy atom. The molecule has 2 N–H and O–H groups in total. The molecule has 2 aromatic heterocycles. The van der Waals surface area contributed by atoms with Crippen LogP contribution in [-0.4, -0.2) is 10.1 Å². The average Bonchev–Trinajstić information content (AvgIpc) is 3.13. The van der Waals surface area contributed by atoms with E-state index in [1.807, 2.05) is 60.2 Å². The summed E-state index contributed by atoms with van der Waals surface area (Å²) in [5.74, 6) is 0.132. The highest BCUT2D eigenvalue weighted by Gasteiger charge is 2.24. The Balaban J connectivity index is 2.00. The predicted molar refractivity (Wildman–Crippen MR) is 104 cm³/mol. The zero-order valence-corrected chi connectivity index (χ0v) is 14.9. The number of hydrogen-bond acceptors (Lipinski definition) is 3. The number of aliphatic hydroxyl groups excluding tert-OH is 1. The third-order valence-electron chi connectivity index (χ3n) is 3.27. The minimum absolute atomic E-state index is 0.132. The molecule has 0 radical (unpaired) electrons. The van der Waals surface area contributed by atoms with E-state index in [1.54, 1.807) is 16.7 Å². The van der Waals surface area contributed by atoms with E-state index in [1.165, 1.54) is 11.3 Å². The maximum absolute atomic E-state index is 10.7. The van der Waals surface area contributed by atoms with Gasteiger partial charge in [-0.2, -0.15) is 4.57 Å². The van der Waals surface area contributed by atoms with Gasteiger partial charge in [0, 0.05) is 22.8 Å². The van der Waals surface area contributed by atoms with Crippen molar-refractivity contribution in [3.63, 3.8) is 0 Å². The summed E-state index contributed by atoms with van der Waals surface area (Å²) in [5.41, 5.74) is 1.32. The molecule has 24 heavy (non-hydrogen) atoms. The van der Waals surface area contributed by atoms with E-state index >= 15 is 0 Å². The number of rotatable bonds is 4. The number of pyridine rings is 1. The zero-order valence-electron chi connectivity index (χ0n) is 12.5. The van der Waals surface area contributed by atoms with Crippen molar-refractivity contribution in [1.29, 1.82) is 0 Å². The number of nitrogens with one attached hydrogen (secondary N) is 1. The van der Waals surface area contributed by atoms with Gasteiger partial charge in [0.1, 0.15) is 0 Å². The number of anilines is 1. The predicted octanol–water partition coefficient (Wildman–Crippen LogP) is 5.01. The number of thiophene rings is 1. The van der Waals surface area contributed by atoms with Crippen LogP contribution >= 0.6 is 35.2 Å². The summed E-state index contributed by atoms with van der Waals surface area (Å²) >= 11 is 12.9. The lowest BCUT2D eigenvalue weighted by Crippen LogP contribution is -2.38. The number of hydrogen-bond donors (Lipinski definition) is 2. The van der Waals surface area contributed by atoms with E-state index in [2.05, 4.69) is 5.32 Å². The second-order valence-corrected chi connectivity index (χ2v) is 6.71. The fraction of sp³-hybridized carbons (Fsp3) is 0. The van der Waals surface area contributed by atoms with Crippen LogP contribution in [0.3, 0.4) is 0 Å². The first-order valence-corrected chi connectivity index (χ1v) is 8.82. The van der Waals surface area contributed by atoms with Gasteiger partial charge >= 0.3 is 0 Å². The molecule has 3 aromatic rings. The van der Waals surface area contributed by atoms with E-state index in [0.29, 0.717) is 15.7 Å². The van der Waals surface area contributed by atoms with Crippen LogP contribution in [0.2, 0.25) is 5.02 Å². The molecule has 0 aliphatic rings. The molecule has 0 saturated carbocycles. The highest BCUT2D eigenvalue weighted by Crippen LogP contribution is 2.23. The maximum atomic E-state index is 10.7. The topological polar surface area (TPSA) is 36.1 Å². The number of aliphatic hydroxyl groups is 1. The molecule has 0 saturated heterocycles. The molecule has 3 rings (SSSR count). The smallest absolute Gasteiger partial charge is 0.289 e. The SMILES string of the molecule is OC(=C(C(=S)Nc1ccc(Cl)cc1)[n+]1ccccc1)c1cccs1. The lowest BCUT2D eigenvalue weighted by molar-refractivity contribution is -0.575. The average molecular weight is 374 g/mol. The Morgan fingerprint density at radius 2 is 1.75 bits per heavy atom. The van der Waals surface area contributed by atoms with Crippen molar-refractivity contribution >= 4 is 57.3 Å². The van der Waals surface area contributed by atoms with Crippen LogP contribution in [0, 0.1) is 0 Å². The highest BCUT2D eigenvalue weighted by molar-refractivity contribution is 7.81. The molecular formula is C18H14ClN2OS2+. The molecule has 0 atom stereocenters. The lowest BCUT2D eigenvalue weighted by Gasteiger charge is -2.09. The van der Waals surface area contributed by atoms with Gasteiger partial charge in [-0.1, -0.05) is 36.0 Å². The first-order valence-electron chi connectivity index (χ1n) is 7.16. The van der Waals surface area contributed by atoms with Crippen LogP contribution in [0.15, 0.2) is 72.4 Å². The second-order valence-electron chi connectivity index (χ2n) is 4.92. The molecule has 120 valence electrons. The molecule has 0 bridgehead atoms. The maximum Gasteiger partial charge on any atom is 0.289 e. The Labute approximate surface area is 154 Å². The number of benzene rings is 1. The van der Waals surface area contributed by atoms with Crippen molar-refractivity contribution in [2.45, 2.75) is 0 Å². The number of aromatic nitrogens is 1. The molecule has 0 spiro atoms. The van der Waals surface area contributed by atoms with Gasteiger partial charge in [0.25, 0.3) is 5.70 Å². The minimum atomic E-state index is 0.132. The molecule has 3 nitrogen and oxygen atoms in total. The fourth-order valence-electron chi connectivity index (χ4n) is 2.15. The van der Waals surface area contributed by atoms with Crippen molar-refractivity contribution in [1.82, 2.24) is 0 Å². The Bertz CT molecular complexity index is 860. The summed E-state index contributed by atoms with van der Waals surface area (Å²) in [4.78, 5) is 1.17. The first kappa shape index (κ1) is 16.6. The van der Waals surface area contributed by atoms with Gasteiger partial charge in [0.05, 0.1) is 4.88 Å². The monoisotopic (exact) mass is 373 g/mol. The van der Waals surface area contributed by atoms with Gasteiger partial charge in [0.2, 0.25) is 5.76 Å². The Morgan fingerprint density at radius 3 is 2.38 bits per heavy atom. The molecule has 0 aliphatic heterocycles. The van der Waals surface area contributed by atoms with E-state index in [-0.39, 0.29) is 5.76 Å². The summed E-state index contributed by atoms with van der Waals surface area (Å²) < 4.78 is 1.79. The number of halogens is 1. The standard InChI is InChI=1S/C18H13ClN2OS2/c19-13-6-8-14(9-7-13)20-18(23)16(21-10-2-1-3-11-21)17(22)15-5-4-12-24-15/h1-12H,(H-,20,22,23)/p+1. The van der Waals surface area contributed by atoms with E-state index < -0.39 is 0 Å². The number of thiocarbonyl (C=S) groups is 1. The lowest BCUT2D eigenvalue weighted by atomic mass is 10.2. The van der Waals surface area contributed by atoms with Crippen molar-refractivity contribution in [3.05, 3.63) is 82.3 Å². The van der Waals surface area contributed by atoms with Gasteiger partial charge in [0.15, 0.2) is 17.4 Å². The fourth-order valence-corrected chi connectivity index (χ4v) is 3.26. The van der Waals surface area contributed by atoms with Gasteiger partial charge in [-0.05, 0) is 35.7 Å². The molecule has 0 aliphatic carbocycles. The van der Waals surface area contributed by atoms with Crippen molar-refractivity contribution in [3.8, 4) is 0 Å². The van der Waals surface area contributed by atoms with E-state index in [0.717, 1.165) is 10.6 Å². The Hall–Kier alpha value is -2.21. The molecule has 2 heterocycles. The normalized spacial score (nSPS) is 11.7. The van der Waals surface area contributed by atoms with Gasteiger partial charge in [-0.25, -0.2) is 0 Å². The van der Waals surface area contributed by atoms with Crippen LogP contribution in [0.5, 0.6) is 0 Å². The summed E-state index contributed by atoms with van der Waals surface area (Å²) in [6.07, 6.45) is 3.68. The third-order valence-corrected chi connectivity index (χ3v) is 4.69. The molecule has 0 unspecified atom stereocenters. The largest absolute Gasteiger partial charge is 0.501 e. The van der Waals surface area contributed by atoms with Gasteiger partial charge < -0.3 is 10.4 Å². The van der Waals surface area contributed by atoms with Gasteiger partial charge in [-0.3, -0.25) is 0 Å². The van der Waals surface area contributed by atoms with Crippen LogP contribution in [-0.2, 0) is 0 Å². The third kappa shape index (κ3) is 3.82. The molecule has 0 amide bonds. The molecule has 1 aromatic carbocycles. The summed E-state index contributed by atoms with van der Waals surface area (Å²) in [6.45, 7) is 0. The molecular weight excluding hydrogens is 360 g/mol. The van der Waals surface area contributed by atoms with Crippen molar-refractivity contribution in [2.24, 2.45) is 0 Å². The number of nitrogens with zero attached hydrogens (tertiary/aromatic N) is 1. The quantitative estimate of drug-likeness (QED) is 0.292. The summed E-state index contributed by atoms with van der Waals surface area (Å²) in [5, 5.41) is 16.5. The summed E-state index contributed by atoms with van der Waals surface area (Å²) in [7, 11) is 0. The second kappa shape index (κ2) is 7.57. The highest BCUT2D eigenvalue weighted by atomic mass is 35.5. The van der Waals surface area contributed by atoms with Crippen molar-refractivity contribution < 1.29 is 9.67 Å². The minimum Gasteiger partial charge on any atom is -0.501 e. The van der Waals surface area contributed by atoms with Crippen LogP contribution in [0.4, 0.5) is 5.69 Å². The van der Waals surface area contributed by atoms with Gasteiger partial charge in [-0.15, -0.1) is 11.3 Å². The van der Waals surface area contributed by atoms with E-state index in [4.69, 9.17) is 23.8 Å². The van der Waals surface area contributed by atoms with E-state index in [9.17, 15) is 5.11 Å². The van der Waals surface area contributed by atoms with Crippen LogP contribution < -0.4 is 9.88 Å². The molecule has 6 heteroatoms. The van der Waals surface area contributed by atoms with Crippen LogP contribution in [0.25, 0.3) is 11.5 Å². The zero-order chi connectivity index (χ0) is 16.9. The van der Waals surface area contributed by atoms with Crippen molar-refractivity contribution in [2.75, 3.05) is 5.32 Å². The van der Waals surface area contributed by atoms with Crippen LogP contribution in [0.1, 0.15) is 4.88 Å². The molecule has 0 fully saturated rings. The first-order chi connectivity index (χ1) is 11.6. The summed E-state index contributed by atoms with van der Waals surface area (Å²) in [6, 6.07) is 16.7. The Kier molecular flexibility index (Phi) is 5.25.